The van der Waals surface area contributed by atoms with Crippen LogP contribution < -0.4 is 5.32 Å². The van der Waals surface area contributed by atoms with Gasteiger partial charge in [-0.05, 0) is 50.1 Å². The normalized spacial score (nSPS) is 18.8. The van der Waals surface area contributed by atoms with Crippen LogP contribution in [0.15, 0.2) is 41.0 Å². The van der Waals surface area contributed by atoms with Crippen LogP contribution in [0.5, 0.6) is 0 Å². The first-order chi connectivity index (χ1) is 11.1. The summed E-state index contributed by atoms with van der Waals surface area (Å²) < 4.78 is 18.2. The summed E-state index contributed by atoms with van der Waals surface area (Å²) in [4.78, 5) is 14.6. The molecule has 5 heteroatoms. The van der Waals surface area contributed by atoms with E-state index in [2.05, 4.69) is 10.2 Å². The molecule has 0 aliphatic carbocycles. The molecule has 1 aliphatic heterocycles. The summed E-state index contributed by atoms with van der Waals surface area (Å²) in [6, 6.07) is 8.43. The number of halogens is 1. The fraction of sp³-hybridized carbons (Fsp3) is 0.389. The molecule has 1 aromatic carbocycles. The second-order valence-corrected chi connectivity index (χ2v) is 6.06. The van der Waals surface area contributed by atoms with Crippen molar-refractivity contribution in [1.82, 2.24) is 10.2 Å². The van der Waals surface area contributed by atoms with Crippen molar-refractivity contribution < 1.29 is 13.6 Å². The molecule has 1 amide bonds. The summed E-state index contributed by atoms with van der Waals surface area (Å²) in [6.07, 6.45) is 3.55. The van der Waals surface area contributed by atoms with E-state index in [0.29, 0.717) is 11.3 Å². The molecular weight excluding hydrogens is 295 g/mol. The minimum Gasteiger partial charge on any atom is -0.469 e. The van der Waals surface area contributed by atoms with Gasteiger partial charge in [0.2, 0.25) is 0 Å². The summed E-state index contributed by atoms with van der Waals surface area (Å²) in [5.74, 6) is 0.347. The van der Waals surface area contributed by atoms with Crippen LogP contribution in [0.2, 0.25) is 0 Å². The smallest absolute Gasteiger partial charge is 0.255 e. The number of hydrogen-bond acceptors (Lipinski definition) is 3. The Morgan fingerprint density at radius 3 is 2.83 bits per heavy atom. The van der Waals surface area contributed by atoms with Gasteiger partial charge in [0.1, 0.15) is 11.6 Å². The van der Waals surface area contributed by atoms with Crippen LogP contribution in [0.1, 0.15) is 34.5 Å². The predicted molar refractivity (Wildman–Crippen MR) is 85.6 cm³/mol. The minimum absolute atomic E-state index is 0.0788. The number of hydrogen-bond donors (Lipinski definition) is 1. The molecule has 4 nitrogen and oxygen atoms in total. The van der Waals surface area contributed by atoms with Gasteiger partial charge in [0, 0.05) is 19.1 Å². The lowest BCUT2D eigenvalue weighted by molar-refractivity contribution is 0.0899. The van der Waals surface area contributed by atoms with Crippen molar-refractivity contribution in [1.29, 1.82) is 0 Å². The van der Waals surface area contributed by atoms with Gasteiger partial charge in [0.15, 0.2) is 0 Å². The van der Waals surface area contributed by atoms with E-state index < -0.39 is 0 Å². The highest BCUT2D eigenvalue weighted by Gasteiger charge is 2.23. The zero-order chi connectivity index (χ0) is 16.2. The molecule has 0 saturated carbocycles. The van der Waals surface area contributed by atoms with Gasteiger partial charge in [-0.3, -0.25) is 9.69 Å². The molecule has 1 aromatic heterocycles. The minimum atomic E-state index is -0.215. The van der Waals surface area contributed by atoms with E-state index in [4.69, 9.17) is 4.42 Å². The Kier molecular flexibility index (Phi) is 4.76. The fourth-order valence-corrected chi connectivity index (χ4v) is 3.05. The van der Waals surface area contributed by atoms with E-state index in [-0.39, 0.29) is 17.8 Å². The highest BCUT2D eigenvalue weighted by Crippen LogP contribution is 2.16. The van der Waals surface area contributed by atoms with Gasteiger partial charge in [-0.1, -0.05) is 12.1 Å². The molecule has 1 atom stereocenters. The monoisotopic (exact) mass is 316 g/mol. The molecule has 1 aliphatic rings. The Bertz CT molecular complexity index is 666. The summed E-state index contributed by atoms with van der Waals surface area (Å²) >= 11 is 0. The Hall–Kier alpha value is -2.14. The van der Waals surface area contributed by atoms with Crippen LogP contribution in [0, 0.1) is 12.7 Å². The highest BCUT2D eigenvalue weighted by atomic mass is 19.1. The fourth-order valence-electron chi connectivity index (χ4n) is 3.05. The summed E-state index contributed by atoms with van der Waals surface area (Å²) in [5.41, 5.74) is 1.68. The SMILES string of the molecule is Cc1occc1C(=O)N[C@@H]1CCCN(Cc2ccc(F)cc2)C1. The van der Waals surface area contributed by atoms with E-state index in [1.165, 1.54) is 18.4 Å². The Morgan fingerprint density at radius 2 is 2.13 bits per heavy atom. The zero-order valence-electron chi connectivity index (χ0n) is 13.2. The Morgan fingerprint density at radius 1 is 1.35 bits per heavy atom. The molecule has 0 radical (unpaired) electrons. The molecule has 2 heterocycles. The van der Waals surface area contributed by atoms with Gasteiger partial charge < -0.3 is 9.73 Å². The molecule has 2 aromatic rings. The number of carbonyl (C=O) groups is 1. The number of likely N-dealkylation sites (tertiary alicyclic amines) is 1. The maximum Gasteiger partial charge on any atom is 0.255 e. The molecule has 23 heavy (non-hydrogen) atoms. The van der Waals surface area contributed by atoms with Crippen LogP contribution in [-0.4, -0.2) is 29.9 Å². The number of amides is 1. The van der Waals surface area contributed by atoms with Crippen LogP contribution >= 0.6 is 0 Å². The van der Waals surface area contributed by atoms with Crippen molar-refractivity contribution in [3.63, 3.8) is 0 Å². The van der Waals surface area contributed by atoms with Gasteiger partial charge in [-0.15, -0.1) is 0 Å². The standard InChI is InChI=1S/C18H21FN2O2/c1-13-17(8-10-23-13)18(22)20-16-3-2-9-21(12-16)11-14-4-6-15(19)7-5-14/h4-8,10,16H,2-3,9,11-12H2,1H3,(H,20,22)/t16-/m1/s1. The molecule has 3 rings (SSSR count). The number of carbonyl (C=O) groups excluding carboxylic acids is 1. The number of rotatable bonds is 4. The molecule has 0 bridgehead atoms. The molecule has 0 spiro atoms. The van der Waals surface area contributed by atoms with Crippen molar-refractivity contribution in [2.24, 2.45) is 0 Å². The van der Waals surface area contributed by atoms with E-state index in [9.17, 15) is 9.18 Å². The van der Waals surface area contributed by atoms with Crippen molar-refractivity contribution in [3.05, 3.63) is 59.3 Å². The van der Waals surface area contributed by atoms with Crippen molar-refractivity contribution in [3.8, 4) is 0 Å². The lowest BCUT2D eigenvalue weighted by atomic mass is 10.0. The number of aryl methyl sites for hydroxylation is 1. The summed E-state index contributed by atoms with van der Waals surface area (Å²) in [5, 5.41) is 3.09. The van der Waals surface area contributed by atoms with Gasteiger partial charge >= 0.3 is 0 Å². The topological polar surface area (TPSA) is 45.5 Å². The Balaban J connectivity index is 1.56. The molecular formula is C18H21FN2O2. The third-order valence-corrected chi connectivity index (χ3v) is 4.26. The van der Waals surface area contributed by atoms with Crippen LogP contribution in [0.25, 0.3) is 0 Å². The van der Waals surface area contributed by atoms with E-state index in [1.54, 1.807) is 13.0 Å². The van der Waals surface area contributed by atoms with Crippen LogP contribution in [0.4, 0.5) is 4.39 Å². The van der Waals surface area contributed by atoms with Crippen molar-refractivity contribution >= 4 is 5.91 Å². The average Bonchev–Trinajstić information content (AvgIpc) is 2.96. The third kappa shape index (κ3) is 3.99. The number of benzene rings is 1. The largest absolute Gasteiger partial charge is 0.469 e. The van der Waals surface area contributed by atoms with Gasteiger partial charge in [-0.25, -0.2) is 4.39 Å². The zero-order valence-corrected chi connectivity index (χ0v) is 13.2. The predicted octanol–water partition coefficient (Wildman–Crippen LogP) is 3.12. The maximum absolute atomic E-state index is 13.0. The van der Waals surface area contributed by atoms with E-state index >= 15 is 0 Å². The van der Waals surface area contributed by atoms with Crippen molar-refractivity contribution in [2.75, 3.05) is 13.1 Å². The first-order valence-corrected chi connectivity index (χ1v) is 7.93. The van der Waals surface area contributed by atoms with Crippen LogP contribution in [0.3, 0.4) is 0 Å². The van der Waals surface area contributed by atoms with E-state index in [1.807, 2.05) is 12.1 Å². The molecule has 1 saturated heterocycles. The van der Waals surface area contributed by atoms with Gasteiger partial charge in [-0.2, -0.15) is 0 Å². The van der Waals surface area contributed by atoms with Crippen LogP contribution in [-0.2, 0) is 6.54 Å². The number of nitrogens with one attached hydrogen (secondary N) is 1. The van der Waals surface area contributed by atoms with Crippen molar-refractivity contribution in [2.45, 2.75) is 32.4 Å². The molecule has 1 N–H and O–H groups in total. The number of furan rings is 1. The Labute approximate surface area is 135 Å². The first-order valence-electron chi connectivity index (χ1n) is 7.93. The average molecular weight is 316 g/mol. The highest BCUT2D eigenvalue weighted by molar-refractivity contribution is 5.95. The lowest BCUT2D eigenvalue weighted by Gasteiger charge is -2.33. The lowest BCUT2D eigenvalue weighted by Crippen LogP contribution is -2.47. The molecule has 0 unspecified atom stereocenters. The first kappa shape index (κ1) is 15.7. The third-order valence-electron chi connectivity index (χ3n) is 4.26. The summed E-state index contributed by atoms with van der Waals surface area (Å²) in [7, 11) is 0. The summed E-state index contributed by atoms with van der Waals surface area (Å²) in [6.45, 7) is 4.36. The second kappa shape index (κ2) is 6.96. The molecule has 1 fully saturated rings. The quantitative estimate of drug-likeness (QED) is 0.942. The molecule has 122 valence electrons. The maximum atomic E-state index is 13.0. The van der Waals surface area contributed by atoms with E-state index in [0.717, 1.165) is 38.0 Å². The number of nitrogens with zero attached hydrogens (tertiary/aromatic N) is 1. The second-order valence-electron chi connectivity index (χ2n) is 6.06. The van der Waals surface area contributed by atoms with Gasteiger partial charge in [0.25, 0.3) is 5.91 Å². The van der Waals surface area contributed by atoms with Gasteiger partial charge in [0.05, 0.1) is 11.8 Å². The number of piperidine rings is 1.